The molecule has 0 bridgehead atoms. The molecule has 2 amide bonds. The van der Waals surface area contributed by atoms with E-state index < -0.39 is 28.5 Å². The number of nitrogens with zero attached hydrogens (tertiary/aromatic N) is 2. The minimum Gasteiger partial charge on any atom is -0.352 e. The molecule has 0 saturated carbocycles. The molecule has 0 spiro atoms. The third-order valence-electron chi connectivity index (χ3n) is 6.90. The van der Waals surface area contributed by atoms with Crippen LogP contribution in [-0.2, 0) is 26.2 Å². The van der Waals surface area contributed by atoms with E-state index in [1.807, 2.05) is 58.9 Å². The molecule has 3 aromatic carbocycles. The van der Waals surface area contributed by atoms with Gasteiger partial charge in [0.2, 0.25) is 11.8 Å². The van der Waals surface area contributed by atoms with Gasteiger partial charge in [0.15, 0.2) is 0 Å². The van der Waals surface area contributed by atoms with Crippen molar-refractivity contribution in [2.45, 2.75) is 71.0 Å². The lowest BCUT2D eigenvalue weighted by Gasteiger charge is -2.34. The topological polar surface area (TPSA) is 86.8 Å². The lowest BCUT2D eigenvalue weighted by atomic mass is 10.1. The average molecular weight is 619 g/mol. The molecule has 10 heteroatoms. The van der Waals surface area contributed by atoms with Crippen LogP contribution in [0.1, 0.15) is 50.3 Å². The number of anilines is 1. The number of aryl methyl sites for hydroxylation is 2. The highest BCUT2D eigenvalue weighted by Gasteiger charge is 2.34. The Kier molecular flexibility index (Phi) is 11.2. The van der Waals surface area contributed by atoms with E-state index in [0.717, 1.165) is 27.4 Å². The summed E-state index contributed by atoms with van der Waals surface area (Å²) >= 11 is 12.4. The Balaban J connectivity index is 2.09. The summed E-state index contributed by atoms with van der Waals surface area (Å²) in [6.45, 7) is 9.08. The summed E-state index contributed by atoms with van der Waals surface area (Å²) in [6.07, 6.45) is 1.07. The third-order valence-corrected chi connectivity index (χ3v) is 9.43. The molecule has 220 valence electrons. The van der Waals surface area contributed by atoms with Gasteiger partial charge in [-0.1, -0.05) is 84.6 Å². The molecule has 0 radical (unpaired) electrons. The van der Waals surface area contributed by atoms with Gasteiger partial charge in [-0.25, -0.2) is 8.42 Å². The molecule has 0 fully saturated rings. The second kappa shape index (κ2) is 14.2. The Morgan fingerprint density at radius 1 is 0.878 bits per heavy atom. The highest BCUT2D eigenvalue weighted by atomic mass is 35.5. The highest BCUT2D eigenvalue weighted by molar-refractivity contribution is 7.92. The van der Waals surface area contributed by atoms with Crippen LogP contribution in [0.3, 0.4) is 0 Å². The van der Waals surface area contributed by atoms with Crippen molar-refractivity contribution in [3.63, 3.8) is 0 Å². The van der Waals surface area contributed by atoms with Gasteiger partial charge in [0, 0.05) is 12.6 Å². The Morgan fingerprint density at radius 2 is 1.56 bits per heavy atom. The Labute approximate surface area is 253 Å². The summed E-state index contributed by atoms with van der Waals surface area (Å²) in [5, 5.41) is 3.38. The number of sulfonamides is 1. The molecule has 0 aliphatic carbocycles. The molecule has 0 unspecified atom stereocenters. The largest absolute Gasteiger partial charge is 0.352 e. The monoisotopic (exact) mass is 617 g/mol. The first-order valence-electron chi connectivity index (χ1n) is 13.6. The minimum atomic E-state index is -4.20. The van der Waals surface area contributed by atoms with E-state index in [2.05, 4.69) is 5.32 Å². The van der Waals surface area contributed by atoms with Gasteiger partial charge >= 0.3 is 0 Å². The molecule has 3 rings (SSSR count). The number of benzene rings is 3. The SMILES string of the molecule is CC[C@H](C)NC(=O)[C@H](CC)N(Cc1cccc(C)c1)C(=O)CN(c1ccc(Cl)c(Cl)c1)S(=O)(=O)c1ccc(C)cc1. The van der Waals surface area contributed by atoms with E-state index in [1.54, 1.807) is 12.1 Å². The molecule has 7 nitrogen and oxygen atoms in total. The van der Waals surface area contributed by atoms with Crippen LogP contribution in [0.2, 0.25) is 10.0 Å². The van der Waals surface area contributed by atoms with Gasteiger partial charge < -0.3 is 10.2 Å². The van der Waals surface area contributed by atoms with Crippen LogP contribution in [0, 0.1) is 13.8 Å². The first-order valence-corrected chi connectivity index (χ1v) is 15.8. The molecular formula is C31H37Cl2N3O4S. The predicted molar refractivity (Wildman–Crippen MR) is 166 cm³/mol. The molecule has 2 atom stereocenters. The molecule has 3 aromatic rings. The molecule has 1 N–H and O–H groups in total. The van der Waals surface area contributed by atoms with E-state index in [9.17, 15) is 18.0 Å². The zero-order valence-electron chi connectivity index (χ0n) is 24.0. The molecule has 41 heavy (non-hydrogen) atoms. The summed E-state index contributed by atoms with van der Waals surface area (Å²) in [5.74, 6) is -0.815. The maximum atomic E-state index is 14.1. The maximum Gasteiger partial charge on any atom is 0.264 e. The summed E-state index contributed by atoms with van der Waals surface area (Å²) in [4.78, 5) is 29.0. The molecule has 0 heterocycles. The lowest BCUT2D eigenvalue weighted by molar-refractivity contribution is -0.140. The van der Waals surface area contributed by atoms with Crippen LogP contribution < -0.4 is 9.62 Å². The number of rotatable bonds is 12. The quantitative estimate of drug-likeness (QED) is 0.250. The lowest BCUT2D eigenvalue weighted by Crippen LogP contribution is -2.53. The molecule has 0 aromatic heterocycles. The van der Waals surface area contributed by atoms with Crippen molar-refractivity contribution >= 4 is 50.7 Å². The number of carbonyl (C=O) groups is 2. The molecular weight excluding hydrogens is 581 g/mol. The van der Waals surface area contributed by atoms with E-state index >= 15 is 0 Å². The summed E-state index contributed by atoms with van der Waals surface area (Å²) in [7, 11) is -4.20. The second-order valence-corrected chi connectivity index (χ2v) is 12.9. The van der Waals surface area contributed by atoms with E-state index in [4.69, 9.17) is 23.2 Å². The van der Waals surface area contributed by atoms with E-state index in [0.29, 0.717) is 6.42 Å². The van der Waals surface area contributed by atoms with Gasteiger partial charge in [0.1, 0.15) is 12.6 Å². The number of hydrogen-bond acceptors (Lipinski definition) is 4. The molecule has 0 aliphatic heterocycles. The zero-order chi connectivity index (χ0) is 30.3. The Morgan fingerprint density at radius 3 is 2.15 bits per heavy atom. The molecule has 0 saturated heterocycles. The Bertz CT molecular complexity index is 1480. The van der Waals surface area contributed by atoms with Crippen molar-refractivity contribution in [2.75, 3.05) is 10.8 Å². The van der Waals surface area contributed by atoms with Gasteiger partial charge in [-0.05, 0) is 69.5 Å². The fraction of sp³-hybridized carbons (Fsp3) is 0.355. The third kappa shape index (κ3) is 8.24. The van der Waals surface area contributed by atoms with Crippen LogP contribution in [0.15, 0.2) is 71.6 Å². The Hall–Kier alpha value is -3.07. The van der Waals surface area contributed by atoms with Crippen molar-refractivity contribution in [3.8, 4) is 0 Å². The van der Waals surface area contributed by atoms with Gasteiger partial charge in [0.05, 0.1) is 20.6 Å². The number of halogens is 2. The summed E-state index contributed by atoms with van der Waals surface area (Å²) in [5.41, 5.74) is 2.91. The number of amides is 2. The van der Waals surface area contributed by atoms with E-state index in [1.165, 1.54) is 35.2 Å². The first-order chi connectivity index (χ1) is 19.4. The zero-order valence-corrected chi connectivity index (χ0v) is 26.4. The smallest absolute Gasteiger partial charge is 0.264 e. The van der Waals surface area contributed by atoms with Crippen LogP contribution in [0.4, 0.5) is 5.69 Å². The second-order valence-electron chi connectivity index (χ2n) is 10.2. The number of carbonyl (C=O) groups excluding carboxylic acids is 2. The minimum absolute atomic E-state index is 0.0220. The summed E-state index contributed by atoms with van der Waals surface area (Å²) in [6, 6.07) is 17.6. The standard InChI is InChI=1S/C31H37Cl2N3O4S/c1-6-23(5)34-31(38)29(7-2)35(19-24-10-8-9-22(4)17-24)30(37)20-36(25-13-16-27(32)28(33)18-25)41(39,40)26-14-11-21(3)12-15-26/h8-18,23,29H,6-7,19-20H2,1-5H3,(H,34,38)/t23-,29-/m0/s1. The number of hydrogen-bond donors (Lipinski definition) is 1. The average Bonchev–Trinajstić information content (AvgIpc) is 2.93. The van der Waals surface area contributed by atoms with Crippen LogP contribution in [0.5, 0.6) is 0 Å². The normalized spacial score (nSPS) is 12.9. The van der Waals surface area contributed by atoms with Gasteiger partial charge in [-0.3, -0.25) is 13.9 Å². The fourth-order valence-corrected chi connectivity index (χ4v) is 6.07. The molecule has 0 aliphatic rings. The van der Waals surface area contributed by atoms with Crippen LogP contribution in [-0.4, -0.2) is 43.8 Å². The number of nitrogens with one attached hydrogen (secondary N) is 1. The van der Waals surface area contributed by atoms with Crippen molar-refractivity contribution in [1.82, 2.24) is 10.2 Å². The van der Waals surface area contributed by atoms with Crippen molar-refractivity contribution < 1.29 is 18.0 Å². The van der Waals surface area contributed by atoms with Crippen molar-refractivity contribution in [1.29, 1.82) is 0 Å². The van der Waals surface area contributed by atoms with Crippen molar-refractivity contribution in [2.24, 2.45) is 0 Å². The maximum absolute atomic E-state index is 14.1. The van der Waals surface area contributed by atoms with Crippen molar-refractivity contribution in [3.05, 3.63) is 93.5 Å². The van der Waals surface area contributed by atoms with Gasteiger partial charge in [0.25, 0.3) is 10.0 Å². The first kappa shape index (κ1) is 32.4. The fourth-order valence-electron chi connectivity index (χ4n) is 4.37. The highest BCUT2D eigenvalue weighted by Crippen LogP contribution is 2.31. The van der Waals surface area contributed by atoms with Gasteiger partial charge in [-0.15, -0.1) is 0 Å². The predicted octanol–water partition coefficient (Wildman–Crippen LogP) is 6.53. The van der Waals surface area contributed by atoms with Gasteiger partial charge in [-0.2, -0.15) is 0 Å². The summed E-state index contributed by atoms with van der Waals surface area (Å²) < 4.78 is 28.9. The van der Waals surface area contributed by atoms with Crippen LogP contribution >= 0.6 is 23.2 Å². The van der Waals surface area contributed by atoms with Crippen LogP contribution in [0.25, 0.3) is 0 Å². The van der Waals surface area contributed by atoms with E-state index in [-0.39, 0.29) is 39.1 Å².